The first-order chi connectivity index (χ1) is 23.7. The second-order valence-electron chi connectivity index (χ2n) is 13.7. The lowest BCUT2D eigenvalue weighted by Gasteiger charge is -2.20. The molecule has 0 saturated heterocycles. The highest BCUT2D eigenvalue weighted by atomic mass is 32.1. The van der Waals surface area contributed by atoms with Gasteiger partial charge in [-0.1, -0.05) is 100 Å². The van der Waals surface area contributed by atoms with E-state index in [1.165, 1.54) is 42.2 Å². The molecule has 0 fully saturated rings. The second kappa shape index (κ2) is 17.2. The summed E-state index contributed by atoms with van der Waals surface area (Å²) >= 11 is 1.38. The smallest absolute Gasteiger partial charge is 0.325 e. The molecule has 0 aliphatic heterocycles. The Balaban J connectivity index is 1.43. The largest absolute Gasteiger partial charge is 0.480 e. The Hall–Kier alpha value is -4.89. The van der Waals surface area contributed by atoms with Crippen LogP contribution in [-0.4, -0.2) is 44.9 Å². The van der Waals surface area contributed by atoms with E-state index in [-0.39, 0.29) is 17.7 Å². The quantitative estimate of drug-likeness (QED) is 0.114. The molecule has 3 N–H and O–H groups in total. The molecule has 0 spiro atoms. The van der Waals surface area contributed by atoms with Gasteiger partial charge in [0.1, 0.15) is 12.1 Å². The van der Waals surface area contributed by atoms with Gasteiger partial charge in [-0.2, -0.15) is 0 Å². The fraction of sp³-hybridized carbons (Fsp3) is 0.341. The number of amides is 2. The minimum atomic E-state index is -1.16. The average Bonchev–Trinajstić information content (AvgIpc) is 3.62. The maximum atomic E-state index is 13.2. The van der Waals surface area contributed by atoms with Crippen molar-refractivity contribution in [1.29, 1.82) is 0 Å². The Bertz CT molecular complexity index is 1830. The Labute approximate surface area is 299 Å². The molecule has 4 rings (SSSR count). The van der Waals surface area contributed by atoms with Crippen molar-refractivity contribution in [3.05, 3.63) is 112 Å². The standard InChI is InChI=1S/C41H48N4O4S/c1-8-9-10-29-13-15-30(16-14-29)31-17-19-32(20-18-31)33-24-42-37(43-25-33)27(3)12-11-26(2)23-34(38(46)44-28(4)40(48)49)45-39(47)35-21-22-36(50-35)41(5,6)7/h11-22,24-25,28,34H,8-10,23H2,1-7H3,(H,44,46)(H,45,47)(H,48,49)/b26-11+,27-12+/t28-,34+/m1/s1. The van der Waals surface area contributed by atoms with Crippen LogP contribution in [0.15, 0.2) is 90.8 Å². The van der Waals surface area contributed by atoms with Crippen LogP contribution < -0.4 is 10.6 Å². The number of thiophene rings is 1. The molecule has 0 saturated carbocycles. The lowest BCUT2D eigenvalue weighted by molar-refractivity contribution is -0.141. The van der Waals surface area contributed by atoms with Crippen molar-refractivity contribution in [2.24, 2.45) is 0 Å². The summed E-state index contributed by atoms with van der Waals surface area (Å²) < 4.78 is 0. The van der Waals surface area contributed by atoms with E-state index >= 15 is 0 Å². The highest BCUT2D eigenvalue weighted by molar-refractivity contribution is 7.14. The summed E-state index contributed by atoms with van der Waals surface area (Å²) in [6, 6.07) is 18.8. The van der Waals surface area contributed by atoms with Gasteiger partial charge in [0, 0.05) is 22.8 Å². The number of carbonyl (C=O) groups is 3. The summed E-state index contributed by atoms with van der Waals surface area (Å²) in [5.41, 5.74) is 7.17. The van der Waals surface area contributed by atoms with Gasteiger partial charge in [-0.3, -0.25) is 14.4 Å². The van der Waals surface area contributed by atoms with Crippen LogP contribution in [0, 0.1) is 0 Å². The molecule has 50 heavy (non-hydrogen) atoms. The molecule has 2 aromatic heterocycles. The summed E-state index contributed by atoms with van der Waals surface area (Å²) in [5, 5.41) is 14.6. The number of aromatic nitrogens is 2. The highest BCUT2D eigenvalue weighted by Gasteiger charge is 2.26. The Kier molecular flexibility index (Phi) is 13.0. The monoisotopic (exact) mass is 692 g/mol. The van der Waals surface area contributed by atoms with E-state index in [0.29, 0.717) is 10.7 Å². The summed E-state index contributed by atoms with van der Waals surface area (Å²) in [6.45, 7) is 13.6. The molecule has 8 nitrogen and oxygen atoms in total. The van der Waals surface area contributed by atoms with E-state index in [1.54, 1.807) is 6.07 Å². The van der Waals surface area contributed by atoms with Crippen LogP contribution in [0.4, 0.5) is 0 Å². The van der Waals surface area contributed by atoms with Crippen LogP contribution in [0.3, 0.4) is 0 Å². The van der Waals surface area contributed by atoms with Crippen LogP contribution in [0.2, 0.25) is 0 Å². The van der Waals surface area contributed by atoms with Gasteiger partial charge in [0.15, 0.2) is 5.82 Å². The first-order valence-electron chi connectivity index (χ1n) is 17.1. The molecule has 0 aliphatic rings. The first kappa shape index (κ1) is 37.9. The number of unbranched alkanes of at least 4 members (excludes halogenated alkanes) is 1. The number of rotatable bonds is 14. The van der Waals surface area contributed by atoms with E-state index in [2.05, 4.69) is 96.8 Å². The van der Waals surface area contributed by atoms with Crippen LogP contribution in [-0.2, 0) is 21.4 Å². The predicted molar refractivity (Wildman–Crippen MR) is 203 cm³/mol. The second-order valence-corrected chi connectivity index (χ2v) is 14.8. The van der Waals surface area contributed by atoms with Crippen molar-refractivity contribution < 1.29 is 19.5 Å². The van der Waals surface area contributed by atoms with Gasteiger partial charge in [0.2, 0.25) is 5.91 Å². The first-order valence-corrected chi connectivity index (χ1v) is 17.9. The van der Waals surface area contributed by atoms with Crippen molar-refractivity contribution >= 4 is 34.7 Å². The van der Waals surface area contributed by atoms with Gasteiger partial charge < -0.3 is 15.7 Å². The van der Waals surface area contributed by atoms with Crippen LogP contribution in [0.25, 0.3) is 27.8 Å². The number of hydrogen-bond donors (Lipinski definition) is 3. The van der Waals surface area contributed by atoms with E-state index in [0.717, 1.165) is 39.1 Å². The number of aliphatic carboxylic acids is 1. The van der Waals surface area contributed by atoms with Crippen LogP contribution in [0.1, 0.15) is 93.7 Å². The molecule has 262 valence electrons. The molecule has 4 aromatic rings. The minimum Gasteiger partial charge on any atom is -0.480 e. The molecule has 0 aliphatic carbocycles. The number of carbonyl (C=O) groups excluding carboxylic acids is 2. The molecule has 0 unspecified atom stereocenters. The van der Waals surface area contributed by atoms with Crippen LogP contribution >= 0.6 is 11.3 Å². The fourth-order valence-corrected chi connectivity index (χ4v) is 6.16. The molecular weight excluding hydrogens is 645 g/mol. The van der Waals surface area contributed by atoms with Gasteiger partial charge >= 0.3 is 5.97 Å². The molecule has 2 atom stereocenters. The fourth-order valence-electron chi connectivity index (χ4n) is 5.19. The zero-order chi connectivity index (χ0) is 36.4. The number of allylic oxidation sites excluding steroid dienone is 3. The van der Waals surface area contributed by atoms with Gasteiger partial charge in [-0.25, -0.2) is 9.97 Å². The Morgan fingerprint density at radius 2 is 1.42 bits per heavy atom. The van der Waals surface area contributed by atoms with Crippen LogP contribution in [0.5, 0.6) is 0 Å². The third-order valence-electron chi connectivity index (χ3n) is 8.39. The molecular formula is C41H48N4O4S. The number of benzene rings is 2. The van der Waals surface area contributed by atoms with Gasteiger partial charge in [-0.15, -0.1) is 11.3 Å². The normalized spacial score (nSPS) is 13.4. The molecule has 9 heteroatoms. The van der Waals surface area contributed by atoms with Crippen molar-refractivity contribution in [3.63, 3.8) is 0 Å². The van der Waals surface area contributed by atoms with E-state index in [4.69, 9.17) is 0 Å². The third kappa shape index (κ3) is 10.6. The van der Waals surface area contributed by atoms with Gasteiger partial charge in [-0.05, 0) is 85.4 Å². The molecule has 0 bridgehead atoms. The van der Waals surface area contributed by atoms with E-state index in [1.807, 2.05) is 44.5 Å². The Morgan fingerprint density at radius 1 is 0.840 bits per heavy atom. The maximum Gasteiger partial charge on any atom is 0.325 e. The summed E-state index contributed by atoms with van der Waals surface area (Å²) in [4.78, 5) is 48.4. The molecule has 2 aromatic carbocycles. The molecule has 0 radical (unpaired) electrons. The predicted octanol–water partition coefficient (Wildman–Crippen LogP) is 8.64. The van der Waals surface area contributed by atoms with Crippen molar-refractivity contribution in [2.45, 2.75) is 91.6 Å². The van der Waals surface area contributed by atoms with E-state index in [9.17, 15) is 19.5 Å². The number of carboxylic acid groups (broad SMARTS) is 1. The van der Waals surface area contributed by atoms with Crippen molar-refractivity contribution in [2.75, 3.05) is 0 Å². The summed E-state index contributed by atoms with van der Waals surface area (Å²) in [7, 11) is 0. The zero-order valence-corrected chi connectivity index (χ0v) is 30.9. The van der Waals surface area contributed by atoms with Gasteiger partial charge in [0.05, 0.1) is 4.88 Å². The number of nitrogens with zero attached hydrogens (tertiary/aromatic N) is 2. The Morgan fingerprint density at radius 3 is 1.96 bits per heavy atom. The molecule has 2 amide bonds. The SMILES string of the molecule is CCCCc1ccc(-c2ccc(-c3cnc(/C(C)=C/C=C(\C)C[C@H](NC(=O)c4ccc(C(C)(C)C)s4)C(=O)N[C@H](C)C(=O)O)nc3)cc2)cc1. The van der Waals surface area contributed by atoms with E-state index < -0.39 is 24.0 Å². The van der Waals surface area contributed by atoms with Gasteiger partial charge in [0.25, 0.3) is 5.91 Å². The zero-order valence-electron chi connectivity index (χ0n) is 30.0. The highest BCUT2D eigenvalue weighted by Crippen LogP contribution is 2.30. The molecule has 2 heterocycles. The third-order valence-corrected chi connectivity index (χ3v) is 9.90. The lowest BCUT2D eigenvalue weighted by atomic mass is 9.95. The lowest BCUT2D eigenvalue weighted by Crippen LogP contribution is -2.50. The average molecular weight is 693 g/mol. The minimum absolute atomic E-state index is 0.114. The van der Waals surface area contributed by atoms with Crippen molar-refractivity contribution in [3.8, 4) is 22.3 Å². The van der Waals surface area contributed by atoms with Crippen molar-refractivity contribution in [1.82, 2.24) is 20.6 Å². The summed E-state index contributed by atoms with van der Waals surface area (Å²) in [5.74, 6) is -1.54. The maximum absolute atomic E-state index is 13.2. The number of nitrogens with one attached hydrogen (secondary N) is 2. The topological polar surface area (TPSA) is 121 Å². The summed E-state index contributed by atoms with van der Waals surface area (Å²) in [6.07, 6.45) is 11.0. The number of aryl methyl sites for hydroxylation is 1. The number of hydrogen-bond acceptors (Lipinski definition) is 6. The number of carboxylic acids is 1.